The summed E-state index contributed by atoms with van der Waals surface area (Å²) < 4.78 is 0. The minimum Gasteiger partial charge on any atom is -0.384 e. The van der Waals surface area contributed by atoms with Crippen LogP contribution in [0.3, 0.4) is 0 Å². The Bertz CT molecular complexity index is 518. The maximum atomic E-state index is 3.49. The Hall–Kier alpha value is -1.76. The Labute approximate surface area is 102 Å². The van der Waals surface area contributed by atoms with Gasteiger partial charge in [-0.15, -0.1) is 0 Å². The Kier molecular flexibility index (Phi) is 2.40. The summed E-state index contributed by atoms with van der Waals surface area (Å²) in [5.41, 5.74) is 4.24. The van der Waals surface area contributed by atoms with E-state index in [1.54, 1.807) is 0 Å². The molecule has 1 aliphatic rings. The maximum absolute atomic E-state index is 3.49. The van der Waals surface area contributed by atoms with Crippen LogP contribution in [-0.2, 0) is 11.8 Å². The van der Waals surface area contributed by atoms with Crippen LogP contribution in [0.4, 0.5) is 5.69 Å². The van der Waals surface area contributed by atoms with Crippen molar-refractivity contribution in [1.82, 2.24) is 0 Å². The van der Waals surface area contributed by atoms with E-state index in [1.165, 1.54) is 16.8 Å². The highest BCUT2D eigenvalue weighted by Gasteiger charge is 2.33. The van der Waals surface area contributed by atoms with Gasteiger partial charge in [-0.05, 0) is 35.7 Å². The Balaban J connectivity index is 1.94. The first-order valence-electron chi connectivity index (χ1n) is 6.06. The van der Waals surface area contributed by atoms with Crippen LogP contribution in [0.1, 0.15) is 18.1 Å². The second-order valence-corrected chi connectivity index (χ2v) is 5.05. The number of hydrogen-bond donors (Lipinski definition) is 1. The summed E-state index contributed by atoms with van der Waals surface area (Å²) in [5, 5.41) is 3.49. The molecule has 3 rings (SSSR count). The Morgan fingerprint density at radius 2 is 2.06 bits per heavy atom. The van der Waals surface area contributed by atoms with Crippen molar-refractivity contribution in [1.29, 1.82) is 0 Å². The zero-order valence-corrected chi connectivity index (χ0v) is 10.0. The average Bonchev–Trinajstić information content (AvgIpc) is 2.69. The van der Waals surface area contributed by atoms with Gasteiger partial charge in [0.25, 0.3) is 0 Å². The van der Waals surface area contributed by atoms with Gasteiger partial charge in [-0.1, -0.05) is 43.3 Å². The number of hydrogen-bond acceptors (Lipinski definition) is 1. The molecule has 1 radical (unpaired) electrons. The number of anilines is 1. The molecule has 1 N–H and O–H groups in total. The van der Waals surface area contributed by atoms with E-state index in [1.807, 2.05) is 6.07 Å². The quantitative estimate of drug-likeness (QED) is 0.821. The molecule has 0 saturated carbocycles. The molecule has 17 heavy (non-hydrogen) atoms. The lowest BCUT2D eigenvalue weighted by Gasteiger charge is -2.24. The SMILES string of the molecule is CC1(Cc2ccccc2)CNc2cc[c]cc21. The van der Waals surface area contributed by atoms with Gasteiger partial charge in [-0.25, -0.2) is 0 Å². The first-order valence-corrected chi connectivity index (χ1v) is 6.06. The Morgan fingerprint density at radius 3 is 2.88 bits per heavy atom. The smallest absolute Gasteiger partial charge is 0.0379 e. The van der Waals surface area contributed by atoms with E-state index < -0.39 is 0 Å². The molecule has 0 aromatic heterocycles. The van der Waals surface area contributed by atoms with Crippen molar-refractivity contribution in [2.24, 2.45) is 0 Å². The summed E-state index contributed by atoms with van der Waals surface area (Å²) in [6, 6.07) is 20.1. The highest BCUT2D eigenvalue weighted by Crippen LogP contribution is 2.38. The van der Waals surface area contributed by atoms with E-state index in [2.05, 4.69) is 60.8 Å². The molecule has 0 amide bonds. The minimum absolute atomic E-state index is 0.189. The van der Waals surface area contributed by atoms with E-state index in [-0.39, 0.29) is 5.41 Å². The molecule has 0 bridgehead atoms. The molecular formula is C16H16N. The van der Waals surface area contributed by atoms with Gasteiger partial charge < -0.3 is 5.32 Å². The molecule has 0 aliphatic carbocycles. The van der Waals surface area contributed by atoms with Crippen LogP contribution in [0.2, 0.25) is 0 Å². The molecule has 1 heterocycles. The van der Waals surface area contributed by atoms with Gasteiger partial charge in [0.2, 0.25) is 0 Å². The fraction of sp³-hybridized carbons (Fsp3) is 0.250. The summed E-state index contributed by atoms with van der Waals surface area (Å²) in [5.74, 6) is 0. The summed E-state index contributed by atoms with van der Waals surface area (Å²) in [4.78, 5) is 0. The second kappa shape index (κ2) is 3.92. The van der Waals surface area contributed by atoms with Crippen molar-refractivity contribution >= 4 is 5.69 Å². The predicted molar refractivity (Wildman–Crippen MR) is 71.3 cm³/mol. The third kappa shape index (κ3) is 1.82. The lowest BCUT2D eigenvalue weighted by Crippen LogP contribution is -2.27. The molecule has 85 valence electrons. The van der Waals surface area contributed by atoms with E-state index in [9.17, 15) is 0 Å². The van der Waals surface area contributed by atoms with Gasteiger partial charge in [-0.3, -0.25) is 0 Å². The molecule has 0 spiro atoms. The number of fused-ring (bicyclic) bond motifs is 1. The molecule has 1 atom stereocenters. The van der Waals surface area contributed by atoms with Gasteiger partial charge in [0.15, 0.2) is 0 Å². The van der Waals surface area contributed by atoms with Crippen molar-refractivity contribution in [2.45, 2.75) is 18.8 Å². The zero-order valence-electron chi connectivity index (χ0n) is 10.0. The Morgan fingerprint density at radius 1 is 1.24 bits per heavy atom. The van der Waals surface area contributed by atoms with E-state index >= 15 is 0 Å². The monoisotopic (exact) mass is 222 g/mol. The first kappa shape index (κ1) is 10.4. The van der Waals surface area contributed by atoms with Crippen LogP contribution in [0.25, 0.3) is 0 Å². The highest BCUT2D eigenvalue weighted by molar-refractivity contribution is 5.60. The summed E-state index contributed by atoms with van der Waals surface area (Å²) in [7, 11) is 0. The molecule has 1 unspecified atom stereocenters. The molecule has 0 saturated heterocycles. The minimum atomic E-state index is 0.189. The van der Waals surface area contributed by atoms with Crippen LogP contribution in [-0.4, -0.2) is 6.54 Å². The standard InChI is InChI=1S/C16H16N/c1-16(11-13-7-3-2-4-8-13)12-17-15-10-6-5-9-14(15)16/h2-4,6-10,17H,11-12H2,1H3. The largest absolute Gasteiger partial charge is 0.384 e. The topological polar surface area (TPSA) is 12.0 Å². The van der Waals surface area contributed by atoms with Crippen LogP contribution in [0.15, 0.2) is 48.5 Å². The van der Waals surface area contributed by atoms with Crippen LogP contribution < -0.4 is 5.32 Å². The molecule has 1 nitrogen and oxygen atoms in total. The van der Waals surface area contributed by atoms with Gasteiger partial charge >= 0.3 is 0 Å². The molecule has 1 heteroatoms. The van der Waals surface area contributed by atoms with Crippen LogP contribution >= 0.6 is 0 Å². The first-order chi connectivity index (χ1) is 8.28. The number of nitrogens with one attached hydrogen (secondary N) is 1. The third-order valence-corrected chi connectivity index (χ3v) is 3.62. The lowest BCUT2D eigenvalue weighted by molar-refractivity contribution is 0.520. The molecule has 0 fully saturated rings. The summed E-state index contributed by atoms with van der Waals surface area (Å²) >= 11 is 0. The van der Waals surface area contributed by atoms with E-state index in [0.717, 1.165) is 13.0 Å². The number of benzene rings is 2. The van der Waals surface area contributed by atoms with Crippen molar-refractivity contribution in [3.8, 4) is 0 Å². The molecule has 2 aromatic rings. The van der Waals surface area contributed by atoms with Crippen LogP contribution in [0, 0.1) is 6.07 Å². The highest BCUT2D eigenvalue weighted by atomic mass is 14.9. The lowest BCUT2D eigenvalue weighted by atomic mass is 9.79. The third-order valence-electron chi connectivity index (χ3n) is 3.62. The van der Waals surface area contributed by atoms with Gasteiger partial charge in [0, 0.05) is 17.6 Å². The zero-order chi connectivity index (χ0) is 11.7. The summed E-state index contributed by atoms with van der Waals surface area (Å²) in [6.45, 7) is 3.34. The predicted octanol–water partition coefficient (Wildman–Crippen LogP) is 3.41. The summed E-state index contributed by atoms with van der Waals surface area (Å²) in [6.07, 6.45) is 1.08. The fourth-order valence-electron chi connectivity index (χ4n) is 2.67. The molecule has 2 aromatic carbocycles. The van der Waals surface area contributed by atoms with Crippen molar-refractivity contribution < 1.29 is 0 Å². The van der Waals surface area contributed by atoms with Crippen molar-refractivity contribution in [2.75, 3.05) is 11.9 Å². The van der Waals surface area contributed by atoms with Gasteiger partial charge in [0.1, 0.15) is 0 Å². The second-order valence-electron chi connectivity index (χ2n) is 5.05. The fourth-order valence-corrected chi connectivity index (χ4v) is 2.67. The van der Waals surface area contributed by atoms with Crippen LogP contribution in [0.5, 0.6) is 0 Å². The van der Waals surface area contributed by atoms with Gasteiger partial charge in [-0.2, -0.15) is 0 Å². The average molecular weight is 222 g/mol. The maximum Gasteiger partial charge on any atom is 0.0379 e. The van der Waals surface area contributed by atoms with Gasteiger partial charge in [0.05, 0.1) is 0 Å². The normalized spacial score (nSPS) is 21.9. The van der Waals surface area contributed by atoms with E-state index in [0.29, 0.717) is 0 Å². The van der Waals surface area contributed by atoms with E-state index in [4.69, 9.17) is 0 Å². The molecule has 1 aliphatic heterocycles. The number of rotatable bonds is 2. The molecular weight excluding hydrogens is 206 g/mol. The van der Waals surface area contributed by atoms with Crippen molar-refractivity contribution in [3.63, 3.8) is 0 Å². The van der Waals surface area contributed by atoms with Crippen molar-refractivity contribution in [3.05, 3.63) is 65.7 Å².